The molecule has 0 aromatic carbocycles. The predicted octanol–water partition coefficient (Wildman–Crippen LogP) is 4.37. The summed E-state index contributed by atoms with van der Waals surface area (Å²) >= 11 is 0. The third-order valence-corrected chi connectivity index (χ3v) is 14.5. The van der Waals surface area contributed by atoms with Gasteiger partial charge >= 0.3 is 11.9 Å². The number of nitrogens with two attached hydrogens (primary N) is 1. The standard InChI is InChI=1S/C34H55NO7/c1-18-15-20(28(30(5,6)39)40-19(2)36)41-26-25(18)31(7)13-14-34-17-33(34)12-11-23(42-24(37)16-35)29(3,4)21(33)9-10-22(34)32(31,8)27(26)38/h18,20-23,25-28,38-39H,9-17,35H2,1-8H3/t18-,20?,21+,22?,23?,25+,26?,27+,28?,31?,32-,33?,34?/m1/s1. The molecule has 42 heavy (non-hydrogen) atoms. The molecule has 6 aliphatic rings. The number of fused-ring (bicyclic) bond motifs is 4. The van der Waals surface area contributed by atoms with Gasteiger partial charge in [-0.1, -0.05) is 34.6 Å². The van der Waals surface area contributed by atoms with Crippen molar-refractivity contribution < 1.29 is 34.0 Å². The molecule has 1 heterocycles. The Labute approximate surface area is 251 Å². The average molecular weight is 590 g/mol. The van der Waals surface area contributed by atoms with E-state index in [-0.39, 0.29) is 63.6 Å². The molecule has 0 amide bonds. The van der Waals surface area contributed by atoms with Gasteiger partial charge in [0.25, 0.3) is 0 Å². The van der Waals surface area contributed by atoms with Gasteiger partial charge in [-0.15, -0.1) is 0 Å². The van der Waals surface area contributed by atoms with Gasteiger partial charge in [-0.3, -0.25) is 9.59 Å². The Morgan fingerprint density at radius 1 is 1.05 bits per heavy atom. The second kappa shape index (κ2) is 9.40. The highest BCUT2D eigenvalue weighted by atomic mass is 16.6. The van der Waals surface area contributed by atoms with Gasteiger partial charge < -0.3 is 30.2 Å². The van der Waals surface area contributed by atoms with Crippen molar-refractivity contribution in [3.63, 3.8) is 0 Å². The fraction of sp³-hybridized carbons (Fsp3) is 0.941. The number of carbonyl (C=O) groups is 2. The predicted molar refractivity (Wildman–Crippen MR) is 157 cm³/mol. The number of aliphatic hydroxyl groups excluding tert-OH is 1. The number of hydrogen-bond donors (Lipinski definition) is 3. The van der Waals surface area contributed by atoms with Crippen LogP contribution in [0.3, 0.4) is 0 Å². The maximum atomic E-state index is 12.4. The van der Waals surface area contributed by atoms with E-state index in [0.717, 1.165) is 32.1 Å². The van der Waals surface area contributed by atoms with E-state index in [0.29, 0.717) is 18.3 Å². The number of esters is 2. The summed E-state index contributed by atoms with van der Waals surface area (Å²) in [6.45, 7) is 16.2. The van der Waals surface area contributed by atoms with Crippen molar-refractivity contribution in [3.05, 3.63) is 0 Å². The highest BCUT2D eigenvalue weighted by molar-refractivity contribution is 5.71. The van der Waals surface area contributed by atoms with Crippen LogP contribution in [0.1, 0.15) is 107 Å². The van der Waals surface area contributed by atoms with Gasteiger partial charge in [0.15, 0.2) is 6.10 Å². The second-order valence-electron chi connectivity index (χ2n) is 16.9. The first-order valence-electron chi connectivity index (χ1n) is 16.5. The Hall–Kier alpha value is -1.22. The molecule has 13 atom stereocenters. The number of rotatable bonds is 5. The number of carbonyl (C=O) groups excluding carboxylic acids is 2. The molecule has 8 unspecified atom stereocenters. The second-order valence-corrected chi connectivity index (χ2v) is 16.9. The summed E-state index contributed by atoms with van der Waals surface area (Å²) in [6, 6.07) is 0. The SMILES string of the molecule is CC(=O)OC(C1C[C@@H](C)[C@H]2C(O1)[C@H](O)[C@@]1(C)C3CC[C@H]4C(C)(C)C(OC(=O)CN)CCC45CC35CCC21C)C(C)(C)O. The molecule has 1 saturated heterocycles. The van der Waals surface area contributed by atoms with Crippen LogP contribution in [0.15, 0.2) is 0 Å². The van der Waals surface area contributed by atoms with Crippen molar-refractivity contribution >= 4 is 11.9 Å². The number of hydrogen-bond acceptors (Lipinski definition) is 8. The van der Waals surface area contributed by atoms with Crippen LogP contribution in [0.5, 0.6) is 0 Å². The Morgan fingerprint density at radius 3 is 2.31 bits per heavy atom. The van der Waals surface area contributed by atoms with Crippen molar-refractivity contribution in [3.8, 4) is 0 Å². The van der Waals surface area contributed by atoms with Crippen molar-refractivity contribution in [2.45, 2.75) is 143 Å². The van der Waals surface area contributed by atoms with Gasteiger partial charge in [0.1, 0.15) is 6.10 Å². The maximum Gasteiger partial charge on any atom is 0.319 e. The van der Waals surface area contributed by atoms with Crippen LogP contribution in [0.4, 0.5) is 0 Å². The lowest BCUT2D eigenvalue weighted by atomic mass is 9.41. The molecule has 238 valence electrons. The molecule has 8 nitrogen and oxygen atoms in total. The number of ether oxygens (including phenoxy) is 3. The monoisotopic (exact) mass is 589 g/mol. The highest BCUT2D eigenvalue weighted by Gasteiger charge is 2.84. The molecule has 0 radical (unpaired) electrons. The fourth-order valence-electron chi connectivity index (χ4n) is 12.8. The maximum absolute atomic E-state index is 12.4. The van der Waals surface area contributed by atoms with Gasteiger partial charge in [0.2, 0.25) is 0 Å². The minimum Gasteiger partial charge on any atom is -0.461 e. The van der Waals surface area contributed by atoms with Gasteiger partial charge in [-0.2, -0.15) is 0 Å². The summed E-state index contributed by atoms with van der Waals surface area (Å²) in [5, 5.41) is 23.4. The lowest BCUT2D eigenvalue weighted by molar-refractivity contribution is -0.216. The van der Waals surface area contributed by atoms with Crippen molar-refractivity contribution in [2.75, 3.05) is 6.54 Å². The van der Waals surface area contributed by atoms with Crippen LogP contribution < -0.4 is 5.73 Å². The van der Waals surface area contributed by atoms with Gasteiger partial charge in [-0.25, -0.2) is 0 Å². The molecule has 6 rings (SSSR count). The Balaban J connectivity index is 1.31. The molecule has 8 heteroatoms. The first kappa shape index (κ1) is 30.8. The smallest absolute Gasteiger partial charge is 0.319 e. The Bertz CT molecular complexity index is 1130. The third-order valence-electron chi connectivity index (χ3n) is 14.5. The summed E-state index contributed by atoms with van der Waals surface area (Å²) in [5.41, 5.74) is 4.27. The van der Waals surface area contributed by atoms with Crippen molar-refractivity contribution in [2.24, 2.45) is 56.5 Å². The van der Waals surface area contributed by atoms with E-state index in [1.807, 2.05) is 0 Å². The Kier molecular flexibility index (Phi) is 6.89. The zero-order chi connectivity index (χ0) is 30.8. The van der Waals surface area contributed by atoms with E-state index >= 15 is 0 Å². The molecule has 1 aliphatic heterocycles. The quantitative estimate of drug-likeness (QED) is 0.403. The van der Waals surface area contributed by atoms with Gasteiger partial charge in [0, 0.05) is 17.8 Å². The summed E-state index contributed by atoms with van der Waals surface area (Å²) < 4.78 is 18.3. The normalized spacial score (nSPS) is 51.1. The first-order chi connectivity index (χ1) is 19.4. The minimum atomic E-state index is -1.26. The van der Waals surface area contributed by atoms with E-state index in [4.69, 9.17) is 19.9 Å². The minimum absolute atomic E-state index is 0.0790. The molecular formula is C34H55NO7. The van der Waals surface area contributed by atoms with Crippen LogP contribution in [0.2, 0.25) is 0 Å². The highest BCUT2D eigenvalue weighted by Crippen LogP contribution is 2.89. The van der Waals surface area contributed by atoms with Gasteiger partial charge in [0.05, 0.1) is 30.5 Å². The largest absolute Gasteiger partial charge is 0.461 e. The van der Waals surface area contributed by atoms with Crippen LogP contribution >= 0.6 is 0 Å². The zero-order valence-electron chi connectivity index (χ0n) is 27.1. The first-order valence-corrected chi connectivity index (χ1v) is 16.5. The summed E-state index contributed by atoms with van der Waals surface area (Å²) in [6.07, 6.45) is 5.84. The molecule has 5 aliphatic carbocycles. The molecule has 0 bridgehead atoms. The van der Waals surface area contributed by atoms with Gasteiger partial charge in [-0.05, 0) is 105 Å². The lowest BCUT2D eigenvalue weighted by Crippen LogP contribution is -2.60. The molecular weight excluding hydrogens is 534 g/mol. The van der Waals surface area contributed by atoms with E-state index in [1.54, 1.807) is 13.8 Å². The summed E-state index contributed by atoms with van der Waals surface area (Å²) in [7, 11) is 0. The van der Waals surface area contributed by atoms with Crippen LogP contribution in [0, 0.1) is 50.7 Å². The molecule has 5 saturated carbocycles. The van der Waals surface area contributed by atoms with Crippen LogP contribution in [0.25, 0.3) is 0 Å². The topological polar surface area (TPSA) is 128 Å². The summed E-state index contributed by atoms with van der Waals surface area (Å²) in [4.78, 5) is 24.2. The van der Waals surface area contributed by atoms with E-state index in [9.17, 15) is 19.8 Å². The Morgan fingerprint density at radius 2 is 1.69 bits per heavy atom. The summed E-state index contributed by atoms with van der Waals surface area (Å²) in [5.74, 6) is 0.575. The molecule has 0 aromatic rings. The average Bonchev–Trinajstić information content (AvgIpc) is 3.52. The van der Waals surface area contributed by atoms with Crippen molar-refractivity contribution in [1.82, 2.24) is 0 Å². The molecule has 6 fully saturated rings. The third kappa shape index (κ3) is 3.79. The fourth-order valence-corrected chi connectivity index (χ4v) is 12.8. The van der Waals surface area contributed by atoms with Crippen LogP contribution in [-0.2, 0) is 23.8 Å². The van der Waals surface area contributed by atoms with Crippen LogP contribution in [-0.4, -0.2) is 64.8 Å². The molecule has 2 spiro atoms. The molecule has 0 aromatic heterocycles. The van der Waals surface area contributed by atoms with Crippen molar-refractivity contribution in [1.29, 1.82) is 0 Å². The zero-order valence-corrected chi connectivity index (χ0v) is 27.1. The number of aliphatic hydroxyl groups is 2. The molecule has 4 N–H and O–H groups in total. The van der Waals surface area contributed by atoms with E-state index in [2.05, 4.69) is 34.6 Å². The van der Waals surface area contributed by atoms with E-state index in [1.165, 1.54) is 19.8 Å². The van der Waals surface area contributed by atoms with E-state index < -0.39 is 29.9 Å². The lowest BCUT2D eigenvalue weighted by Gasteiger charge is -2.63.